The maximum atomic E-state index is 5.56. The molecule has 2 rings (SSSR count). The molecule has 0 saturated heterocycles. The molecule has 3 nitrogen and oxygen atoms in total. The molecule has 0 radical (unpaired) electrons. The lowest BCUT2D eigenvalue weighted by atomic mass is 10.1. The second-order valence-electron chi connectivity index (χ2n) is 4.07. The summed E-state index contributed by atoms with van der Waals surface area (Å²) in [4.78, 5) is 4.42. The van der Waals surface area contributed by atoms with Crippen molar-refractivity contribution in [1.29, 1.82) is 0 Å². The molecule has 0 bridgehead atoms. The molecule has 0 aliphatic heterocycles. The molecule has 18 heavy (non-hydrogen) atoms. The van der Waals surface area contributed by atoms with Crippen molar-refractivity contribution in [3.8, 4) is 0 Å². The standard InChI is InChI=1S/C14H15N3S/c1-10-4-2-3-5-11(10)9-17-12-6-7-16-13(8-12)14(15)18/h2-8H,9H2,1H3,(H2,15,18)(H,16,17). The Morgan fingerprint density at radius 3 is 2.83 bits per heavy atom. The summed E-state index contributed by atoms with van der Waals surface area (Å²) in [6.07, 6.45) is 1.70. The minimum atomic E-state index is 0.314. The number of thiocarbonyl (C=S) groups is 1. The summed E-state index contributed by atoms with van der Waals surface area (Å²) in [6, 6.07) is 12.1. The topological polar surface area (TPSA) is 50.9 Å². The predicted molar refractivity (Wildman–Crippen MR) is 78.6 cm³/mol. The average Bonchev–Trinajstić information content (AvgIpc) is 2.38. The van der Waals surface area contributed by atoms with Gasteiger partial charge in [-0.25, -0.2) is 0 Å². The smallest absolute Gasteiger partial charge is 0.122 e. The second kappa shape index (κ2) is 5.60. The van der Waals surface area contributed by atoms with Crippen LogP contribution in [0.1, 0.15) is 16.8 Å². The Bertz CT molecular complexity index is 566. The molecular formula is C14H15N3S. The van der Waals surface area contributed by atoms with Gasteiger partial charge in [0.05, 0.1) is 5.69 Å². The number of hydrogen-bond acceptors (Lipinski definition) is 3. The van der Waals surface area contributed by atoms with Crippen LogP contribution in [0.25, 0.3) is 0 Å². The van der Waals surface area contributed by atoms with Crippen LogP contribution in [-0.4, -0.2) is 9.97 Å². The molecule has 4 heteroatoms. The molecule has 0 atom stereocenters. The monoisotopic (exact) mass is 257 g/mol. The number of nitrogens with zero attached hydrogens (tertiary/aromatic N) is 1. The number of benzene rings is 1. The fourth-order valence-corrected chi connectivity index (χ4v) is 1.79. The zero-order chi connectivity index (χ0) is 13.0. The van der Waals surface area contributed by atoms with Crippen LogP contribution in [0, 0.1) is 6.92 Å². The third-order valence-electron chi connectivity index (χ3n) is 2.76. The van der Waals surface area contributed by atoms with Crippen molar-refractivity contribution in [2.24, 2.45) is 5.73 Å². The molecule has 0 aliphatic rings. The van der Waals surface area contributed by atoms with Gasteiger partial charge in [-0.2, -0.15) is 0 Å². The highest BCUT2D eigenvalue weighted by molar-refractivity contribution is 7.80. The SMILES string of the molecule is Cc1ccccc1CNc1ccnc(C(N)=S)c1. The van der Waals surface area contributed by atoms with Gasteiger partial charge in [0.2, 0.25) is 0 Å². The molecule has 0 spiro atoms. The van der Waals surface area contributed by atoms with Crippen molar-refractivity contribution in [3.05, 3.63) is 59.4 Å². The van der Waals surface area contributed by atoms with E-state index in [9.17, 15) is 0 Å². The zero-order valence-electron chi connectivity index (χ0n) is 10.2. The van der Waals surface area contributed by atoms with Gasteiger partial charge in [0.1, 0.15) is 4.99 Å². The third kappa shape index (κ3) is 3.05. The number of anilines is 1. The fraction of sp³-hybridized carbons (Fsp3) is 0.143. The summed E-state index contributed by atoms with van der Waals surface area (Å²) in [5.41, 5.74) is 9.70. The van der Waals surface area contributed by atoms with E-state index >= 15 is 0 Å². The number of nitrogens with two attached hydrogens (primary N) is 1. The number of rotatable bonds is 4. The van der Waals surface area contributed by atoms with Crippen molar-refractivity contribution < 1.29 is 0 Å². The number of aromatic nitrogens is 1. The molecule has 0 fully saturated rings. The molecule has 0 aliphatic carbocycles. The van der Waals surface area contributed by atoms with Crippen LogP contribution in [0.15, 0.2) is 42.6 Å². The van der Waals surface area contributed by atoms with Crippen LogP contribution in [0.4, 0.5) is 5.69 Å². The van der Waals surface area contributed by atoms with Gasteiger partial charge in [0.25, 0.3) is 0 Å². The van der Waals surface area contributed by atoms with Crippen molar-refractivity contribution in [1.82, 2.24) is 4.98 Å². The average molecular weight is 257 g/mol. The first-order chi connectivity index (χ1) is 8.66. The number of nitrogens with one attached hydrogen (secondary N) is 1. The van der Waals surface area contributed by atoms with Crippen molar-refractivity contribution in [3.63, 3.8) is 0 Å². The van der Waals surface area contributed by atoms with Crippen LogP contribution in [0.5, 0.6) is 0 Å². The summed E-state index contributed by atoms with van der Waals surface area (Å²) in [5, 5.41) is 3.34. The number of aryl methyl sites for hydroxylation is 1. The second-order valence-corrected chi connectivity index (χ2v) is 4.51. The molecule has 0 unspecified atom stereocenters. The third-order valence-corrected chi connectivity index (χ3v) is 2.97. The normalized spacial score (nSPS) is 10.1. The highest BCUT2D eigenvalue weighted by Crippen LogP contribution is 2.12. The van der Waals surface area contributed by atoms with E-state index < -0.39 is 0 Å². The van der Waals surface area contributed by atoms with E-state index in [0.29, 0.717) is 10.7 Å². The van der Waals surface area contributed by atoms with Gasteiger partial charge in [-0.3, -0.25) is 4.98 Å². The molecule has 1 aromatic carbocycles. The molecule has 3 N–H and O–H groups in total. The number of hydrogen-bond donors (Lipinski definition) is 2. The molecule has 1 heterocycles. The van der Waals surface area contributed by atoms with E-state index in [1.807, 2.05) is 24.3 Å². The van der Waals surface area contributed by atoms with Crippen molar-refractivity contribution in [2.75, 3.05) is 5.32 Å². The van der Waals surface area contributed by atoms with E-state index in [1.54, 1.807) is 6.20 Å². The minimum Gasteiger partial charge on any atom is -0.388 e. The highest BCUT2D eigenvalue weighted by atomic mass is 32.1. The molecular weight excluding hydrogens is 242 g/mol. The first-order valence-corrected chi connectivity index (χ1v) is 6.12. The fourth-order valence-electron chi connectivity index (χ4n) is 1.68. The van der Waals surface area contributed by atoms with Crippen LogP contribution in [0.3, 0.4) is 0 Å². The maximum Gasteiger partial charge on any atom is 0.122 e. The number of pyridine rings is 1. The molecule has 0 saturated carbocycles. The van der Waals surface area contributed by atoms with Gasteiger partial charge in [-0.1, -0.05) is 36.5 Å². The lowest BCUT2D eigenvalue weighted by molar-refractivity contribution is 1.11. The Morgan fingerprint density at radius 1 is 1.33 bits per heavy atom. The first-order valence-electron chi connectivity index (χ1n) is 5.71. The van der Waals surface area contributed by atoms with Crippen molar-refractivity contribution >= 4 is 22.9 Å². The molecule has 92 valence electrons. The van der Waals surface area contributed by atoms with Crippen LogP contribution in [0.2, 0.25) is 0 Å². The van der Waals surface area contributed by atoms with E-state index in [2.05, 4.69) is 29.4 Å². The van der Waals surface area contributed by atoms with Crippen LogP contribution >= 0.6 is 12.2 Å². The summed E-state index contributed by atoms with van der Waals surface area (Å²) < 4.78 is 0. The van der Waals surface area contributed by atoms with Gasteiger partial charge < -0.3 is 11.1 Å². The Morgan fingerprint density at radius 2 is 2.11 bits per heavy atom. The zero-order valence-corrected chi connectivity index (χ0v) is 11.0. The molecule has 1 aromatic heterocycles. The Kier molecular flexibility index (Phi) is 3.89. The van der Waals surface area contributed by atoms with Crippen LogP contribution in [-0.2, 0) is 6.54 Å². The van der Waals surface area contributed by atoms with Gasteiger partial charge in [-0.05, 0) is 30.2 Å². The maximum absolute atomic E-state index is 5.56. The Balaban J connectivity index is 2.09. The Hall–Kier alpha value is -1.94. The van der Waals surface area contributed by atoms with E-state index in [-0.39, 0.29) is 0 Å². The first kappa shape index (κ1) is 12.5. The van der Waals surface area contributed by atoms with Gasteiger partial charge in [0.15, 0.2) is 0 Å². The van der Waals surface area contributed by atoms with Crippen molar-refractivity contribution in [2.45, 2.75) is 13.5 Å². The van der Waals surface area contributed by atoms with Gasteiger partial charge >= 0.3 is 0 Å². The quantitative estimate of drug-likeness (QED) is 0.827. The minimum absolute atomic E-state index is 0.314. The largest absolute Gasteiger partial charge is 0.388 e. The molecule has 0 amide bonds. The van der Waals surface area contributed by atoms with Gasteiger partial charge in [0, 0.05) is 18.4 Å². The Labute approximate surface area is 112 Å². The lowest BCUT2D eigenvalue weighted by Gasteiger charge is -2.09. The summed E-state index contributed by atoms with van der Waals surface area (Å²) >= 11 is 4.91. The summed E-state index contributed by atoms with van der Waals surface area (Å²) in [5.74, 6) is 0. The lowest BCUT2D eigenvalue weighted by Crippen LogP contribution is -2.12. The summed E-state index contributed by atoms with van der Waals surface area (Å²) in [7, 11) is 0. The van der Waals surface area contributed by atoms with Gasteiger partial charge in [-0.15, -0.1) is 0 Å². The highest BCUT2D eigenvalue weighted by Gasteiger charge is 2.01. The van der Waals surface area contributed by atoms with E-state index in [4.69, 9.17) is 18.0 Å². The van der Waals surface area contributed by atoms with Crippen LogP contribution < -0.4 is 11.1 Å². The van der Waals surface area contributed by atoms with E-state index in [1.165, 1.54) is 11.1 Å². The van der Waals surface area contributed by atoms with E-state index in [0.717, 1.165) is 12.2 Å². The molecule has 2 aromatic rings. The predicted octanol–water partition coefficient (Wildman–Crippen LogP) is 2.64. The summed E-state index contributed by atoms with van der Waals surface area (Å²) in [6.45, 7) is 2.87.